The fourth-order valence-electron chi connectivity index (χ4n) is 8.38. The molecule has 7 rings (SSSR count). The number of fused-ring (bicyclic) bond motifs is 3. The second-order valence-corrected chi connectivity index (χ2v) is 16.3. The lowest BCUT2D eigenvalue weighted by Gasteiger charge is -2.36. The summed E-state index contributed by atoms with van der Waals surface area (Å²) in [6.07, 6.45) is 10.2. The van der Waals surface area contributed by atoms with Gasteiger partial charge in [0, 0.05) is 44.2 Å². The third kappa shape index (κ3) is 7.67. The van der Waals surface area contributed by atoms with Gasteiger partial charge in [-0.2, -0.15) is 9.97 Å². The molecule has 0 spiro atoms. The Balaban J connectivity index is 1.38. The van der Waals surface area contributed by atoms with Gasteiger partial charge in [-0.25, -0.2) is 28.4 Å². The number of terminal acetylenes is 1. The smallest absolute Gasteiger partial charge is 0.429 e. The Morgan fingerprint density at radius 1 is 1.03 bits per heavy atom. The molecule has 2 atom stereocenters. The number of aromatic nitrogens is 3. The summed E-state index contributed by atoms with van der Waals surface area (Å²) in [5.41, 5.74) is -1.89. The number of phenols is 1. The number of hydrogen-bond acceptors (Lipinski definition) is 12. The number of nitrogens with zero attached hydrogens (tertiary/aromatic N) is 7. The van der Waals surface area contributed by atoms with Crippen LogP contribution in [-0.2, 0) is 9.47 Å². The Morgan fingerprint density at radius 3 is 2.53 bits per heavy atom. The molecule has 16 heteroatoms. The summed E-state index contributed by atoms with van der Waals surface area (Å²) in [6.45, 7) is 7.11. The molecule has 14 nitrogen and oxygen atoms in total. The van der Waals surface area contributed by atoms with E-state index in [0.717, 1.165) is 38.6 Å². The molecule has 2 aromatic heterocycles. The zero-order valence-corrected chi connectivity index (χ0v) is 33.7. The summed E-state index contributed by atoms with van der Waals surface area (Å²) >= 11 is 0. The van der Waals surface area contributed by atoms with Crippen molar-refractivity contribution < 1.29 is 42.4 Å². The first-order chi connectivity index (χ1) is 27.6. The van der Waals surface area contributed by atoms with Crippen molar-refractivity contribution in [3.05, 3.63) is 41.5 Å². The number of halogens is 2. The lowest BCUT2D eigenvalue weighted by Crippen LogP contribution is -2.49. The van der Waals surface area contributed by atoms with Crippen molar-refractivity contribution in [3.8, 4) is 41.2 Å². The van der Waals surface area contributed by atoms with Gasteiger partial charge < -0.3 is 29.0 Å². The Hall–Kier alpha value is -5.69. The number of pyridine rings is 1. The van der Waals surface area contributed by atoms with Crippen LogP contribution in [0.4, 0.5) is 24.2 Å². The molecule has 2 amide bonds. The van der Waals surface area contributed by atoms with E-state index in [1.54, 1.807) is 39.9 Å². The third-order valence-corrected chi connectivity index (χ3v) is 11.0. The molecule has 4 aromatic rings. The Morgan fingerprint density at radius 2 is 1.81 bits per heavy atom. The average Bonchev–Trinajstić information content (AvgIpc) is 3.64. The van der Waals surface area contributed by atoms with Gasteiger partial charge in [-0.05, 0) is 95.8 Å². The maximum atomic E-state index is 17.5. The van der Waals surface area contributed by atoms with Crippen molar-refractivity contribution in [1.82, 2.24) is 29.8 Å². The monoisotopic (exact) mass is 801 g/mol. The van der Waals surface area contributed by atoms with E-state index in [4.69, 9.17) is 30.4 Å². The van der Waals surface area contributed by atoms with Crippen LogP contribution in [0, 0.1) is 24.0 Å². The third-order valence-electron chi connectivity index (χ3n) is 11.0. The number of rotatable bonds is 8. The molecule has 308 valence electrons. The highest BCUT2D eigenvalue weighted by Gasteiger charge is 2.50. The number of phenolic OH excluding ortho intramolecular Hbond substituents is 1. The second kappa shape index (κ2) is 15.9. The number of anilines is 1. The van der Waals surface area contributed by atoms with Crippen molar-refractivity contribution >= 4 is 39.7 Å². The summed E-state index contributed by atoms with van der Waals surface area (Å²) in [5, 5.41) is 14.5. The SMILES string of the molecule is C#Cc1c(F)ccc2cc(O)cc(-c3nc(OC)c4c(N5CCCCCN5C(=O)OC(C)(C)C)nc(OCC56CCCN5C(COC(=O)N(C)C)CC6)nc4c3F)c12. The Labute approximate surface area is 336 Å². The first kappa shape index (κ1) is 40.5. The molecule has 2 aromatic carbocycles. The molecule has 0 aliphatic carbocycles. The maximum Gasteiger partial charge on any atom is 0.429 e. The van der Waals surface area contributed by atoms with Crippen LogP contribution in [0.5, 0.6) is 17.6 Å². The highest BCUT2D eigenvalue weighted by molar-refractivity contribution is 6.04. The zero-order chi connectivity index (χ0) is 41.5. The van der Waals surface area contributed by atoms with Gasteiger partial charge in [-0.3, -0.25) is 9.91 Å². The second-order valence-electron chi connectivity index (χ2n) is 16.3. The zero-order valence-electron chi connectivity index (χ0n) is 33.7. The topological polar surface area (TPSA) is 143 Å². The average molecular weight is 802 g/mol. The summed E-state index contributed by atoms with van der Waals surface area (Å²) in [6, 6.07) is 5.12. The minimum absolute atomic E-state index is 0.00671. The maximum absolute atomic E-state index is 17.5. The van der Waals surface area contributed by atoms with Crippen LogP contribution in [-0.4, -0.2) is 118 Å². The summed E-state index contributed by atoms with van der Waals surface area (Å²) in [4.78, 5) is 43.9. The lowest BCUT2D eigenvalue weighted by molar-refractivity contribution is 0.0231. The van der Waals surface area contributed by atoms with E-state index in [1.165, 1.54) is 41.3 Å². The predicted molar refractivity (Wildman–Crippen MR) is 213 cm³/mol. The fourth-order valence-corrected chi connectivity index (χ4v) is 8.38. The first-order valence-electron chi connectivity index (χ1n) is 19.5. The molecule has 1 N–H and O–H groups in total. The minimum Gasteiger partial charge on any atom is -0.508 e. The van der Waals surface area contributed by atoms with Crippen LogP contribution >= 0.6 is 0 Å². The van der Waals surface area contributed by atoms with Crippen molar-refractivity contribution in [1.29, 1.82) is 0 Å². The van der Waals surface area contributed by atoms with E-state index in [9.17, 15) is 14.7 Å². The minimum atomic E-state index is -0.939. The predicted octanol–water partition coefficient (Wildman–Crippen LogP) is 7.04. The highest BCUT2D eigenvalue weighted by atomic mass is 19.1. The number of methoxy groups -OCH3 is 1. The summed E-state index contributed by atoms with van der Waals surface area (Å²) in [5.74, 6) is 0.509. The van der Waals surface area contributed by atoms with E-state index in [0.29, 0.717) is 31.3 Å². The van der Waals surface area contributed by atoms with Crippen LogP contribution in [0.1, 0.15) is 71.3 Å². The van der Waals surface area contributed by atoms with Gasteiger partial charge in [0.15, 0.2) is 11.6 Å². The van der Waals surface area contributed by atoms with Gasteiger partial charge in [-0.1, -0.05) is 12.0 Å². The van der Waals surface area contributed by atoms with Crippen LogP contribution in [0.25, 0.3) is 32.9 Å². The number of amides is 2. The van der Waals surface area contributed by atoms with Crippen LogP contribution < -0.4 is 14.5 Å². The number of hydrogen-bond donors (Lipinski definition) is 1. The molecule has 0 saturated carbocycles. The highest BCUT2D eigenvalue weighted by Crippen LogP contribution is 2.45. The van der Waals surface area contributed by atoms with Crippen LogP contribution in [0.15, 0.2) is 24.3 Å². The Kier molecular flexibility index (Phi) is 11.1. The number of carbonyl (C=O) groups excluding carboxylic acids is 2. The Bertz CT molecular complexity index is 2300. The van der Waals surface area contributed by atoms with Gasteiger partial charge in [0.2, 0.25) is 5.88 Å². The van der Waals surface area contributed by atoms with E-state index < -0.39 is 35.0 Å². The van der Waals surface area contributed by atoms with Gasteiger partial charge >= 0.3 is 18.2 Å². The molecule has 2 unspecified atom stereocenters. The molecule has 0 radical (unpaired) electrons. The standard InChI is InChI=1S/C42H49F2N7O7/c1-8-28-30(43)14-13-25-21-27(52)22-29(31(25)28)34-33(44)35-32(37(45-34)55-7)36(50-19-10-9-11-20-51(50)40(54)58-41(2,3)4)47-38(46-35)57-24-42-16-12-18-49(42)26(15-17-42)23-56-39(53)48(5)6/h1,13-14,21-22,26,52H,9-12,15-20,23-24H2,2-7H3. The quantitative estimate of drug-likeness (QED) is 0.183. The van der Waals surface area contributed by atoms with Crippen molar-refractivity contribution in [3.63, 3.8) is 0 Å². The molecule has 58 heavy (non-hydrogen) atoms. The molecular formula is C42H49F2N7O7. The number of ether oxygens (including phenoxy) is 4. The van der Waals surface area contributed by atoms with Gasteiger partial charge in [0.25, 0.3) is 0 Å². The van der Waals surface area contributed by atoms with Crippen molar-refractivity contribution in [2.75, 3.05) is 59.1 Å². The van der Waals surface area contributed by atoms with Gasteiger partial charge in [0.05, 0.1) is 18.2 Å². The first-order valence-corrected chi connectivity index (χ1v) is 19.5. The molecule has 5 heterocycles. The summed E-state index contributed by atoms with van der Waals surface area (Å²) in [7, 11) is 4.64. The molecular weight excluding hydrogens is 752 g/mol. The lowest BCUT2D eigenvalue weighted by atomic mass is 9.95. The largest absolute Gasteiger partial charge is 0.508 e. The van der Waals surface area contributed by atoms with Crippen LogP contribution in [0.3, 0.4) is 0 Å². The van der Waals surface area contributed by atoms with Crippen LogP contribution in [0.2, 0.25) is 0 Å². The number of carbonyl (C=O) groups is 2. The number of benzene rings is 2. The van der Waals surface area contributed by atoms with E-state index >= 15 is 8.78 Å². The van der Waals surface area contributed by atoms with Gasteiger partial charge in [0.1, 0.15) is 47.0 Å². The van der Waals surface area contributed by atoms with E-state index in [-0.39, 0.29) is 75.8 Å². The summed E-state index contributed by atoms with van der Waals surface area (Å²) < 4.78 is 56.4. The normalized spacial score (nSPS) is 19.8. The molecule has 3 saturated heterocycles. The molecule has 3 fully saturated rings. The van der Waals surface area contributed by atoms with Crippen molar-refractivity contribution in [2.45, 2.75) is 82.9 Å². The van der Waals surface area contributed by atoms with E-state index in [1.807, 2.05) is 0 Å². The van der Waals surface area contributed by atoms with Crippen molar-refractivity contribution in [2.24, 2.45) is 0 Å². The van der Waals surface area contributed by atoms with E-state index in [2.05, 4.69) is 20.8 Å². The molecule has 0 bridgehead atoms. The number of aromatic hydroxyl groups is 1. The fraction of sp³-hybridized carbons (Fsp3) is 0.500. The molecule has 3 aliphatic heterocycles. The molecule has 3 aliphatic rings. The van der Waals surface area contributed by atoms with Gasteiger partial charge in [-0.15, -0.1) is 6.42 Å². The number of hydrazine groups is 1.